The molecule has 4 heteroatoms. The summed E-state index contributed by atoms with van der Waals surface area (Å²) in [5, 5.41) is 1.09. The van der Waals surface area contributed by atoms with E-state index >= 15 is 0 Å². The number of rotatable bonds is 2. The monoisotopic (exact) mass is 279 g/mol. The van der Waals surface area contributed by atoms with E-state index in [2.05, 4.69) is 39.7 Å². The van der Waals surface area contributed by atoms with E-state index in [1.165, 1.54) is 0 Å². The van der Waals surface area contributed by atoms with Crippen molar-refractivity contribution in [2.45, 2.75) is 20.3 Å². The van der Waals surface area contributed by atoms with E-state index in [9.17, 15) is 0 Å². The van der Waals surface area contributed by atoms with Gasteiger partial charge >= 0.3 is 0 Å². The van der Waals surface area contributed by atoms with Gasteiger partial charge in [0.05, 0.1) is 11.2 Å². The van der Waals surface area contributed by atoms with Gasteiger partial charge < -0.3 is 5.73 Å². The molecule has 3 nitrogen and oxygen atoms in total. The maximum Gasteiger partial charge on any atom is 0.220 e. The molecule has 2 N–H and O–H groups in total. The number of fused-ring (bicyclic) bond motifs is 1. The summed E-state index contributed by atoms with van der Waals surface area (Å²) in [6.07, 6.45) is 0.921. The van der Waals surface area contributed by atoms with Gasteiger partial charge in [-0.15, -0.1) is 0 Å². The summed E-state index contributed by atoms with van der Waals surface area (Å²) < 4.78 is 1.01. The van der Waals surface area contributed by atoms with Crippen LogP contribution in [0.4, 0.5) is 5.95 Å². The summed E-state index contributed by atoms with van der Waals surface area (Å²) in [4.78, 5) is 8.56. The second-order valence-electron chi connectivity index (χ2n) is 4.29. The molecule has 0 saturated carbocycles. The summed E-state index contributed by atoms with van der Waals surface area (Å²) in [6, 6.07) is 6.01. The molecule has 0 spiro atoms. The molecule has 16 heavy (non-hydrogen) atoms. The molecule has 0 fully saturated rings. The number of hydrogen-bond acceptors (Lipinski definition) is 3. The smallest absolute Gasteiger partial charge is 0.220 e. The van der Waals surface area contributed by atoms with E-state index < -0.39 is 0 Å². The van der Waals surface area contributed by atoms with Gasteiger partial charge in [0.15, 0.2) is 0 Å². The summed E-state index contributed by atoms with van der Waals surface area (Å²) >= 11 is 3.43. The lowest BCUT2D eigenvalue weighted by Gasteiger charge is -2.08. The number of aromatic nitrogens is 2. The third kappa shape index (κ3) is 2.32. The summed E-state index contributed by atoms with van der Waals surface area (Å²) in [6.45, 7) is 4.34. The minimum Gasteiger partial charge on any atom is -0.368 e. The molecule has 0 aliphatic heterocycles. The van der Waals surface area contributed by atoms with Crippen molar-refractivity contribution >= 4 is 32.8 Å². The summed E-state index contributed by atoms with van der Waals surface area (Å²) in [5.74, 6) is 0.905. The Morgan fingerprint density at radius 1 is 1.31 bits per heavy atom. The largest absolute Gasteiger partial charge is 0.368 e. The fourth-order valence-electron chi connectivity index (χ4n) is 1.73. The maximum absolute atomic E-state index is 5.71. The SMILES string of the molecule is CC(C)Cc1nc(N)nc2cc(Br)ccc12. The van der Waals surface area contributed by atoms with Crippen LogP contribution in [0.3, 0.4) is 0 Å². The molecule has 0 radical (unpaired) electrons. The Kier molecular flexibility index (Phi) is 3.10. The highest BCUT2D eigenvalue weighted by Gasteiger charge is 2.08. The quantitative estimate of drug-likeness (QED) is 0.919. The van der Waals surface area contributed by atoms with Crippen LogP contribution in [0.2, 0.25) is 0 Å². The molecule has 1 aromatic heterocycles. The minimum absolute atomic E-state index is 0.348. The molecule has 0 saturated heterocycles. The minimum atomic E-state index is 0.348. The van der Waals surface area contributed by atoms with Crippen LogP contribution in [0.15, 0.2) is 22.7 Å². The van der Waals surface area contributed by atoms with Gasteiger partial charge in [-0.1, -0.05) is 29.8 Å². The van der Waals surface area contributed by atoms with Gasteiger partial charge in [-0.05, 0) is 30.5 Å². The van der Waals surface area contributed by atoms with Gasteiger partial charge in [-0.25, -0.2) is 9.97 Å². The van der Waals surface area contributed by atoms with Crippen LogP contribution in [-0.4, -0.2) is 9.97 Å². The molecule has 0 aliphatic carbocycles. The van der Waals surface area contributed by atoms with Crippen LogP contribution >= 0.6 is 15.9 Å². The first-order chi connectivity index (χ1) is 7.56. The van der Waals surface area contributed by atoms with Gasteiger partial charge in [0.2, 0.25) is 5.95 Å². The number of benzene rings is 1. The van der Waals surface area contributed by atoms with Crippen molar-refractivity contribution in [1.82, 2.24) is 9.97 Å². The van der Waals surface area contributed by atoms with Crippen molar-refractivity contribution < 1.29 is 0 Å². The van der Waals surface area contributed by atoms with Crippen molar-refractivity contribution in [2.75, 3.05) is 5.73 Å². The van der Waals surface area contributed by atoms with Crippen molar-refractivity contribution in [1.29, 1.82) is 0 Å². The molecule has 0 atom stereocenters. The van der Waals surface area contributed by atoms with Gasteiger partial charge in [0.25, 0.3) is 0 Å². The molecule has 0 amide bonds. The highest BCUT2D eigenvalue weighted by atomic mass is 79.9. The average molecular weight is 280 g/mol. The van der Waals surface area contributed by atoms with Crippen molar-refractivity contribution in [3.05, 3.63) is 28.4 Å². The predicted molar refractivity (Wildman–Crippen MR) is 70.2 cm³/mol. The Morgan fingerprint density at radius 2 is 2.06 bits per heavy atom. The molecule has 0 unspecified atom stereocenters. The second-order valence-corrected chi connectivity index (χ2v) is 5.20. The predicted octanol–water partition coefficient (Wildman–Crippen LogP) is 3.17. The molecule has 1 heterocycles. The third-order valence-electron chi connectivity index (χ3n) is 2.36. The third-order valence-corrected chi connectivity index (χ3v) is 2.85. The Balaban J connectivity index is 2.63. The van der Waals surface area contributed by atoms with E-state index in [-0.39, 0.29) is 0 Å². The van der Waals surface area contributed by atoms with Crippen LogP contribution in [-0.2, 0) is 6.42 Å². The van der Waals surface area contributed by atoms with E-state index in [0.717, 1.165) is 27.5 Å². The van der Waals surface area contributed by atoms with Crippen LogP contribution in [0.5, 0.6) is 0 Å². The molecular weight excluding hydrogens is 266 g/mol. The maximum atomic E-state index is 5.71. The molecule has 1 aromatic carbocycles. The van der Waals surface area contributed by atoms with Crippen molar-refractivity contribution in [3.63, 3.8) is 0 Å². The number of anilines is 1. The summed E-state index contributed by atoms with van der Waals surface area (Å²) in [5.41, 5.74) is 7.65. The molecule has 0 aliphatic rings. The lowest BCUT2D eigenvalue weighted by atomic mass is 10.0. The van der Waals surface area contributed by atoms with E-state index in [4.69, 9.17) is 5.73 Å². The lowest BCUT2D eigenvalue weighted by Crippen LogP contribution is -2.03. The first kappa shape index (κ1) is 11.3. The zero-order valence-electron chi connectivity index (χ0n) is 9.37. The van der Waals surface area contributed by atoms with E-state index in [1.54, 1.807) is 0 Å². The fourth-order valence-corrected chi connectivity index (χ4v) is 2.08. The number of hydrogen-bond donors (Lipinski definition) is 1. The molecule has 84 valence electrons. The number of nitrogens with zero attached hydrogens (tertiary/aromatic N) is 2. The number of nitrogen functional groups attached to an aromatic ring is 1. The van der Waals surface area contributed by atoms with Crippen LogP contribution in [0.25, 0.3) is 10.9 Å². The highest BCUT2D eigenvalue weighted by molar-refractivity contribution is 9.10. The zero-order valence-corrected chi connectivity index (χ0v) is 11.0. The van der Waals surface area contributed by atoms with Gasteiger partial charge in [-0.2, -0.15) is 0 Å². The Labute approximate surface area is 103 Å². The average Bonchev–Trinajstić information content (AvgIpc) is 2.15. The normalized spacial score (nSPS) is 11.2. The van der Waals surface area contributed by atoms with E-state index in [0.29, 0.717) is 11.9 Å². The Morgan fingerprint density at radius 3 is 2.75 bits per heavy atom. The Bertz CT molecular complexity index is 518. The van der Waals surface area contributed by atoms with Crippen LogP contribution < -0.4 is 5.73 Å². The topological polar surface area (TPSA) is 51.8 Å². The van der Waals surface area contributed by atoms with Crippen LogP contribution in [0.1, 0.15) is 19.5 Å². The van der Waals surface area contributed by atoms with Crippen LogP contribution in [0, 0.1) is 5.92 Å². The van der Waals surface area contributed by atoms with Gasteiger partial charge in [-0.3, -0.25) is 0 Å². The summed E-state index contributed by atoms with van der Waals surface area (Å²) in [7, 11) is 0. The molecule has 0 bridgehead atoms. The first-order valence-corrected chi connectivity index (χ1v) is 6.07. The molecular formula is C12H14BrN3. The van der Waals surface area contributed by atoms with Crippen molar-refractivity contribution in [3.8, 4) is 0 Å². The highest BCUT2D eigenvalue weighted by Crippen LogP contribution is 2.22. The second kappa shape index (κ2) is 4.37. The Hall–Kier alpha value is -1.16. The van der Waals surface area contributed by atoms with E-state index in [1.807, 2.05) is 18.2 Å². The molecule has 2 aromatic rings. The van der Waals surface area contributed by atoms with Crippen molar-refractivity contribution in [2.24, 2.45) is 5.92 Å². The lowest BCUT2D eigenvalue weighted by molar-refractivity contribution is 0.639. The van der Waals surface area contributed by atoms with Gasteiger partial charge in [0.1, 0.15) is 0 Å². The standard InChI is InChI=1S/C12H14BrN3/c1-7(2)5-10-9-4-3-8(13)6-11(9)16-12(14)15-10/h3-4,6-7H,5H2,1-2H3,(H2,14,15,16). The molecule has 2 rings (SSSR count). The fraction of sp³-hybridized carbons (Fsp3) is 0.333. The number of nitrogens with two attached hydrogens (primary N) is 1. The number of halogens is 1. The van der Waals surface area contributed by atoms with Gasteiger partial charge in [0, 0.05) is 9.86 Å². The zero-order chi connectivity index (χ0) is 11.7. The first-order valence-electron chi connectivity index (χ1n) is 5.28.